The molecule has 1 amide bonds. The fraction of sp³-hybridized carbons (Fsp3) is 0.875. The first-order chi connectivity index (χ1) is 5.97. The SMILES string of the molecule is CN(C)C(=O)C[C@H](O)C[C@H](O)CO. The van der Waals surface area contributed by atoms with Crippen molar-refractivity contribution in [1.82, 2.24) is 4.90 Å². The summed E-state index contributed by atoms with van der Waals surface area (Å²) < 4.78 is 0. The van der Waals surface area contributed by atoms with Gasteiger partial charge >= 0.3 is 0 Å². The maximum atomic E-state index is 11.0. The van der Waals surface area contributed by atoms with Gasteiger partial charge in [-0.3, -0.25) is 4.79 Å². The highest BCUT2D eigenvalue weighted by Crippen LogP contribution is 2.03. The van der Waals surface area contributed by atoms with Crippen LogP contribution in [-0.2, 0) is 4.79 Å². The van der Waals surface area contributed by atoms with Crippen LogP contribution in [0.4, 0.5) is 0 Å². The Morgan fingerprint density at radius 3 is 2.23 bits per heavy atom. The predicted molar refractivity (Wildman–Crippen MR) is 47.0 cm³/mol. The van der Waals surface area contributed by atoms with Crippen LogP contribution in [0.3, 0.4) is 0 Å². The van der Waals surface area contributed by atoms with E-state index in [9.17, 15) is 9.90 Å². The molecule has 0 rings (SSSR count). The molecule has 0 aromatic carbocycles. The lowest BCUT2D eigenvalue weighted by Gasteiger charge is -2.16. The first-order valence-corrected chi connectivity index (χ1v) is 4.14. The van der Waals surface area contributed by atoms with Gasteiger partial charge in [-0.2, -0.15) is 0 Å². The average molecular weight is 191 g/mol. The third-order valence-electron chi connectivity index (χ3n) is 1.66. The summed E-state index contributed by atoms with van der Waals surface area (Å²) in [6.07, 6.45) is -1.85. The van der Waals surface area contributed by atoms with Gasteiger partial charge in [0.2, 0.25) is 5.91 Å². The van der Waals surface area contributed by atoms with Crippen molar-refractivity contribution in [3.63, 3.8) is 0 Å². The maximum Gasteiger partial charge on any atom is 0.224 e. The summed E-state index contributed by atoms with van der Waals surface area (Å²) in [5, 5.41) is 26.7. The Morgan fingerprint density at radius 1 is 1.31 bits per heavy atom. The number of nitrogens with zero attached hydrogens (tertiary/aromatic N) is 1. The molecule has 13 heavy (non-hydrogen) atoms. The Hall–Kier alpha value is -0.650. The van der Waals surface area contributed by atoms with Crippen LogP contribution in [0.25, 0.3) is 0 Å². The Morgan fingerprint density at radius 2 is 1.85 bits per heavy atom. The molecule has 0 spiro atoms. The van der Waals surface area contributed by atoms with E-state index in [0.29, 0.717) is 0 Å². The molecule has 5 heteroatoms. The molecule has 3 N–H and O–H groups in total. The van der Waals surface area contributed by atoms with Gasteiger partial charge in [0.1, 0.15) is 0 Å². The summed E-state index contributed by atoms with van der Waals surface area (Å²) in [5.74, 6) is -0.197. The lowest BCUT2D eigenvalue weighted by Crippen LogP contribution is -2.29. The van der Waals surface area contributed by atoms with E-state index in [-0.39, 0.29) is 18.7 Å². The zero-order chi connectivity index (χ0) is 10.4. The molecule has 78 valence electrons. The number of hydrogen-bond acceptors (Lipinski definition) is 4. The van der Waals surface area contributed by atoms with Gasteiger partial charge in [0.25, 0.3) is 0 Å². The summed E-state index contributed by atoms with van der Waals surface area (Å²) in [4.78, 5) is 12.4. The largest absolute Gasteiger partial charge is 0.394 e. The Balaban J connectivity index is 3.74. The highest BCUT2D eigenvalue weighted by Gasteiger charge is 2.15. The van der Waals surface area contributed by atoms with Crippen LogP contribution in [0.2, 0.25) is 0 Å². The summed E-state index contributed by atoms with van der Waals surface area (Å²) in [5.41, 5.74) is 0. The van der Waals surface area contributed by atoms with Crippen molar-refractivity contribution in [3.8, 4) is 0 Å². The van der Waals surface area contributed by atoms with Crippen molar-refractivity contribution in [2.45, 2.75) is 25.0 Å². The quantitative estimate of drug-likeness (QED) is 0.497. The average Bonchev–Trinajstić information content (AvgIpc) is 2.03. The van der Waals surface area contributed by atoms with Crippen molar-refractivity contribution in [2.75, 3.05) is 20.7 Å². The smallest absolute Gasteiger partial charge is 0.224 e. The third kappa shape index (κ3) is 5.57. The molecule has 0 fully saturated rings. The lowest BCUT2D eigenvalue weighted by atomic mass is 10.1. The molecule has 0 radical (unpaired) electrons. The van der Waals surface area contributed by atoms with E-state index < -0.39 is 18.8 Å². The molecule has 0 bridgehead atoms. The number of aliphatic hydroxyl groups excluding tert-OH is 3. The normalized spacial score (nSPS) is 15.2. The van der Waals surface area contributed by atoms with Gasteiger partial charge < -0.3 is 20.2 Å². The van der Waals surface area contributed by atoms with Crippen LogP contribution in [0.5, 0.6) is 0 Å². The molecule has 5 nitrogen and oxygen atoms in total. The number of rotatable bonds is 5. The molecule has 0 aliphatic rings. The molecular formula is C8H17NO4. The molecule has 2 atom stereocenters. The minimum absolute atomic E-state index is 0.0237. The number of carbonyl (C=O) groups excluding carboxylic acids is 1. The van der Waals surface area contributed by atoms with Crippen molar-refractivity contribution < 1.29 is 20.1 Å². The second-order valence-electron chi connectivity index (χ2n) is 3.22. The van der Waals surface area contributed by atoms with Crippen molar-refractivity contribution in [1.29, 1.82) is 0 Å². The molecule has 0 aliphatic heterocycles. The fourth-order valence-electron chi connectivity index (χ4n) is 0.856. The summed E-state index contributed by atoms with van der Waals surface area (Å²) in [6, 6.07) is 0. The monoisotopic (exact) mass is 191 g/mol. The van der Waals surface area contributed by atoms with Gasteiger partial charge in [0.05, 0.1) is 25.2 Å². The summed E-state index contributed by atoms with van der Waals surface area (Å²) in [7, 11) is 3.19. The topological polar surface area (TPSA) is 81.0 Å². The van der Waals surface area contributed by atoms with E-state index in [1.54, 1.807) is 14.1 Å². The summed E-state index contributed by atoms with van der Waals surface area (Å²) in [6.45, 7) is -0.396. The van der Waals surface area contributed by atoms with Gasteiger partial charge in [-0.1, -0.05) is 0 Å². The third-order valence-corrected chi connectivity index (χ3v) is 1.66. The molecule has 0 unspecified atom stereocenters. The van der Waals surface area contributed by atoms with E-state index in [1.807, 2.05) is 0 Å². The summed E-state index contributed by atoms with van der Waals surface area (Å²) >= 11 is 0. The molecule has 0 heterocycles. The van der Waals surface area contributed by atoms with Crippen molar-refractivity contribution in [2.24, 2.45) is 0 Å². The fourth-order valence-corrected chi connectivity index (χ4v) is 0.856. The van der Waals surface area contributed by atoms with Gasteiger partial charge in [0.15, 0.2) is 0 Å². The van der Waals surface area contributed by atoms with Gasteiger partial charge in [-0.15, -0.1) is 0 Å². The van der Waals surface area contributed by atoms with Gasteiger partial charge in [-0.25, -0.2) is 0 Å². The van der Waals surface area contributed by atoms with Crippen LogP contribution in [0, 0.1) is 0 Å². The Kier molecular flexibility index (Phi) is 5.61. The molecule has 0 saturated carbocycles. The highest BCUT2D eigenvalue weighted by atomic mass is 16.3. The zero-order valence-corrected chi connectivity index (χ0v) is 7.97. The molecular weight excluding hydrogens is 174 g/mol. The van der Waals surface area contributed by atoms with E-state index in [0.717, 1.165) is 0 Å². The van der Waals surface area contributed by atoms with Crippen LogP contribution in [-0.4, -0.2) is 59.0 Å². The minimum atomic E-state index is -0.954. The molecule has 0 saturated heterocycles. The van der Waals surface area contributed by atoms with E-state index in [1.165, 1.54) is 4.90 Å². The first kappa shape index (κ1) is 12.3. The van der Waals surface area contributed by atoms with Crippen LogP contribution in [0.1, 0.15) is 12.8 Å². The van der Waals surface area contributed by atoms with Crippen LogP contribution >= 0.6 is 0 Å². The number of amides is 1. The maximum absolute atomic E-state index is 11.0. The Bertz CT molecular complexity index is 160. The molecule has 0 aliphatic carbocycles. The van der Waals surface area contributed by atoms with Crippen LogP contribution in [0.15, 0.2) is 0 Å². The van der Waals surface area contributed by atoms with E-state index in [4.69, 9.17) is 10.2 Å². The lowest BCUT2D eigenvalue weighted by molar-refractivity contribution is -0.131. The van der Waals surface area contributed by atoms with E-state index >= 15 is 0 Å². The van der Waals surface area contributed by atoms with E-state index in [2.05, 4.69) is 0 Å². The standard InChI is InChI=1S/C8H17NO4/c1-9(2)8(13)4-6(11)3-7(12)5-10/h6-7,10-12H,3-5H2,1-2H3/t6-,7+/m1/s1. The second-order valence-corrected chi connectivity index (χ2v) is 3.22. The van der Waals surface area contributed by atoms with Crippen molar-refractivity contribution >= 4 is 5.91 Å². The highest BCUT2D eigenvalue weighted by molar-refractivity contribution is 5.75. The van der Waals surface area contributed by atoms with Gasteiger partial charge in [0, 0.05) is 20.5 Å². The second kappa shape index (κ2) is 5.90. The van der Waals surface area contributed by atoms with Crippen molar-refractivity contribution in [3.05, 3.63) is 0 Å². The first-order valence-electron chi connectivity index (χ1n) is 4.14. The predicted octanol–water partition coefficient (Wildman–Crippen LogP) is -1.43. The van der Waals surface area contributed by atoms with Gasteiger partial charge in [-0.05, 0) is 0 Å². The Labute approximate surface area is 77.6 Å². The number of aliphatic hydroxyl groups is 3. The molecule has 0 aromatic heterocycles. The number of carbonyl (C=O) groups is 1. The molecule has 0 aromatic rings. The van der Waals surface area contributed by atoms with Crippen LogP contribution < -0.4 is 0 Å². The zero-order valence-electron chi connectivity index (χ0n) is 7.97. The minimum Gasteiger partial charge on any atom is -0.394 e. The number of hydrogen-bond donors (Lipinski definition) is 3.